The van der Waals surface area contributed by atoms with Crippen LogP contribution in [0.3, 0.4) is 0 Å². The second-order valence-corrected chi connectivity index (χ2v) is 5.06. The molecule has 0 radical (unpaired) electrons. The van der Waals surface area contributed by atoms with E-state index in [1.807, 2.05) is 0 Å². The first-order valence-corrected chi connectivity index (χ1v) is 6.60. The van der Waals surface area contributed by atoms with Crippen LogP contribution < -0.4 is 11.1 Å². The Bertz CT molecular complexity index is 500. The lowest BCUT2D eigenvalue weighted by atomic mass is 9.91. The van der Waals surface area contributed by atoms with Gasteiger partial charge in [-0.15, -0.1) is 0 Å². The number of hydrogen-bond acceptors (Lipinski definition) is 4. The summed E-state index contributed by atoms with van der Waals surface area (Å²) in [6, 6.07) is 2.13. The molecule has 4 nitrogen and oxygen atoms in total. The van der Waals surface area contributed by atoms with Gasteiger partial charge < -0.3 is 15.8 Å². The second-order valence-electron chi connectivity index (χ2n) is 5.06. The SMILES string of the molecule is COC(=O)c1cc(NC2CCC(N)CC2)c(F)cc1F. The van der Waals surface area contributed by atoms with Crippen molar-refractivity contribution < 1.29 is 18.3 Å². The maximum atomic E-state index is 13.8. The molecule has 0 aromatic heterocycles. The highest BCUT2D eigenvalue weighted by Crippen LogP contribution is 2.25. The molecule has 20 heavy (non-hydrogen) atoms. The zero-order valence-corrected chi connectivity index (χ0v) is 11.3. The van der Waals surface area contributed by atoms with Gasteiger partial charge in [-0.05, 0) is 31.7 Å². The van der Waals surface area contributed by atoms with E-state index in [1.54, 1.807) is 0 Å². The van der Waals surface area contributed by atoms with Gasteiger partial charge in [-0.2, -0.15) is 0 Å². The number of nitrogens with one attached hydrogen (secondary N) is 1. The van der Waals surface area contributed by atoms with E-state index in [0.717, 1.165) is 38.9 Å². The number of halogens is 2. The lowest BCUT2D eigenvalue weighted by Crippen LogP contribution is -2.33. The molecule has 3 N–H and O–H groups in total. The minimum atomic E-state index is -0.925. The normalized spacial score (nSPS) is 22.4. The van der Waals surface area contributed by atoms with Crippen molar-refractivity contribution in [1.29, 1.82) is 0 Å². The lowest BCUT2D eigenvalue weighted by Gasteiger charge is -2.27. The average Bonchev–Trinajstić information content (AvgIpc) is 2.43. The van der Waals surface area contributed by atoms with Crippen LogP contribution in [0.15, 0.2) is 12.1 Å². The van der Waals surface area contributed by atoms with Gasteiger partial charge in [0.15, 0.2) is 0 Å². The molecule has 110 valence electrons. The summed E-state index contributed by atoms with van der Waals surface area (Å²) in [6.45, 7) is 0. The van der Waals surface area contributed by atoms with Crippen molar-refractivity contribution >= 4 is 11.7 Å². The van der Waals surface area contributed by atoms with Crippen LogP contribution in [-0.4, -0.2) is 25.2 Å². The van der Waals surface area contributed by atoms with E-state index >= 15 is 0 Å². The van der Waals surface area contributed by atoms with Crippen LogP contribution in [0.4, 0.5) is 14.5 Å². The second kappa shape index (κ2) is 6.17. The number of carbonyl (C=O) groups excluding carboxylic acids is 1. The number of hydrogen-bond donors (Lipinski definition) is 2. The van der Waals surface area contributed by atoms with E-state index in [0.29, 0.717) is 6.07 Å². The fourth-order valence-corrected chi connectivity index (χ4v) is 2.41. The predicted molar refractivity (Wildman–Crippen MR) is 71.6 cm³/mol. The number of rotatable bonds is 3. The summed E-state index contributed by atoms with van der Waals surface area (Å²) >= 11 is 0. The van der Waals surface area contributed by atoms with Gasteiger partial charge in [0.1, 0.15) is 11.6 Å². The van der Waals surface area contributed by atoms with E-state index in [4.69, 9.17) is 5.73 Å². The molecule has 0 saturated heterocycles. The topological polar surface area (TPSA) is 64.3 Å². The number of esters is 1. The summed E-state index contributed by atoms with van der Waals surface area (Å²) in [6.07, 6.45) is 3.38. The molecule has 0 amide bonds. The number of anilines is 1. The van der Waals surface area contributed by atoms with E-state index in [-0.39, 0.29) is 23.3 Å². The largest absolute Gasteiger partial charge is 0.465 e. The Hall–Kier alpha value is -1.69. The standard InChI is InChI=1S/C14H18F2N2O2/c1-20-14(19)10-6-13(12(16)7-11(10)15)18-9-4-2-8(17)3-5-9/h6-9,18H,2-5,17H2,1H3. The number of nitrogens with two attached hydrogens (primary N) is 1. The Kier molecular flexibility index (Phi) is 4.54. The third kappa shape index (κ3) is 3.25. The Labute approximate surface area is 116 Å². The number of benzene rings is 1. The van der Waals surface area contributed by atoms with Crippen LogP contribution in [0, 0.1) is 11.6 Å². The van der Waals surface area contributed by atoms with E-state index in [9.17, 15) is 13.6 Å². The van der Waals surface area contributed by atoms with Crippen molar-refractivity contribution in [3.8, 4) is 0 Å². The van der Waals surface area contributed by atoms with Gasteiger partial charge in [-0.1, -0.05) is 0 Å². The van der Waals surface area contributed by atoms with Crippen molar-refractivity contribution in [3.05, 3.63) is 29.3 Å². The van der Waals surface area contributed by atoms with Crippen LogP contribution in [0.25, 0.3) is 0 Å². The molecule has 2 rings (SSSR count). The quantitative estimate of drug-likeness (QED) is 0.837. The Morgan fingerprint density at radius 2 is 1.90 bits per heavy atom. The first kappa shape index (κ1) is 14.7. The first-order chi connectivity index (χ1) is 9.51. The highest BCUT2D eigenvalue weighted by molar-refractivity contribution is 5.90. The van der Waals surface area contributed by atoms with Crippen molar-refractivity contribution in [1.82, 2.24) is 0 Å². The van der Waals surface area contributed by atoms with Crippen LogP contribution >= 0.6 is 0 Å². The summed E-state index contributed by atoms with van der Waals surface area (Å²) in [7, 11) is 1.15. The molecule has 1 aromatic rings. The van der Waals surface area contributed by atoms with Crippen molar-refractivity contribution in [3.63, 3.8) is 0 Å². The van der Waals surface area contributed by atoms with Crippen molar-refractivity contribution in [2.24, 2.45) is 5.73 Å². The molecule has 1 aliphatic carbocycles. The molecule has 1 aromatic carbocycles. The Morgan fingerprint density at radius 3 is 2.50 bits per heavy atom. The number of methoxy groups -OCH3 is 1. The summed E-state index contributed by atoms with van der Waals surface area (Å²) in [5, 5.41) is 3.01. The minimum absolute atomic E-state index is 0.0836. The molecule has 0 aliphatic heterocycles. The summed E-state index contributed by atoms with van der Waals surface area (Å²) in [5.74, 6) is -2.47. The molecule has 1 fully saturated rings. The molecule has 0 atom stereocenters. The van der Waals surface area contributed by atoms with Crippen LogP contribution in [0.1, 0.15) is 36.0 Å². The van der Waals surface area contributed by atoms with Gasteiger partial charge in [0.2, 0.25) is 0 Å². The number of ether oxygens (including phenoxy) is 1. The van der Waals surface area contributed by atoms with Gasteiger partial charge in [0.25, 0.3) is 0 Å². The smallest absolute Gasteiger partial charge is 0.340 e. The number of carbonyl (C=O) groups is 1. The van der Waals surface area contributed by atoms with Crippen LogP contribution in [0.2, 0.25) is 0 Å². The first-order valence-electron chi connectivity index (χ1n) is 6.60. The molecular weight excluding hydrogens is 266 g/mol. The van der Waals surface area contributed by atoms with Gasteiger partial charge in [-0.25, -0.2) is 13.6 Å². The average molecular weight is 284 g/mol. The highest BCUT2D eigenvalue weighted by atomic mass is 19.1. The third-order valence-corrected chi connectivity index (χ3v) is 3.59. The van der Waals surface area contributed by atoms with Gasteiger partial charge in [-0.3, -0.25) is 0 Å². The maximum absolute atomic E-state index is 13.8. The molecule has 0 unspecified atom stereocenters. The van der Waals surface area contributed by atoms with Crippen LogP contribution in [0.5, 0.6) is 0 Å². The maximum Gasteiger partial charge on any atom is 0.340 e. The molecule has 1 aliphatic rings. The Morgan fingerprint density at radius 1 is 1.25 bits per heavy atom. The zero-order valence-electron chi connectivity index (χ0n) is 11.3. The minimum Gasteiger partial charge on any atom is -0.465 e. The molecule has 0 heterocycles. The molecule has 0 spiro atoms. The van der Waals surface area contributed by atoms with Gasteiger partial charge in [0.05, 0.1) is 18.4 Å². The zero-order chi connectivity index (χ0) is 14.7. The molecule has 6 heteroatoms. The highest BCUT2D eigenvalue weighted by Gasteiger charge is 2.21. The van der Waals surface area contributed by atoms with E-state index in [1.165, 1.54) is 0 Å². The molecular formula is C14H18F2N2O2. The summed E-state index contributed by atoms with van der Waals surface area (Å²) < 4.78 is 31.7. The van der Waals surface area contributed by atoms with E-state index < -0.39 is 17.6 Å². The molecule has 0 bridgehead atoms. The Balaban J connectivity index is 2.16. The summed E-state index contributed by atoms with van der Waals surface area (Å²) in [5.41, 5.74) is 5.65. The van der Waals surface area contributed by atoms with Gasteiger partial charge >= 0.3 is 5.97 Å². The van der Waals surface area contributed by atoms with Crippen LogP contribution in [-0.2, 0) is 4.74 Å². The fraction of sp³-hybridized carbons (Fsp3) is 0.500. The third-order valence-electron chi connectivity index (χ3n) is 3.59. The fourth-order valence-electron chi connectivity index (χ4n) is 2.41. The predicted octanol–water partition coefficient (Wildman–Crippen LogP) is 2.43. The van der Waals surface area contributed by atoms with E-state index in [2.05, 4.69) is 10.1 Å². The van der Waals surface area contributed by atoms with Crippen molar-refractivity contribution in [2.45, 2.75) is 37.8 Å². The lowest BCUT2D eigenvalue weighted by molar-refractivity contribution is 0.0595. The molecule has 1 saturated carbocycles. The van der Waals surface area contributed by atoms with Crippen molar-refractivity contribution in [2.75, 3.05) is 12.4 Å². The monoisotopic (exact) mass is 284 g/mol. The summed E-state index contributed by atoms with van der Waals surface area (Å²) in [4.78, 5) is 11.4. The van der Waals surface area contributed by atoms with Gasteiger partial charge in [0, 0.05) is 18.2 Å².